The van der Waals surface area contributed by atoms with Crippen molar-refractivity contribution in [1.29, 1.82) is 0 Å². The Labute approximate surface area is 123 Å². The third-order valence-corrected chi connectivity index (χ3v) is 3.95. The van der Waals surface area contributed by atoms with Crippen molar-refractivity contribution in [3.63, 3.8) is 0 Å². The maximum Gasteiger partial charge on any atom is 0.0440 e. The highest BCUT2D eigenvalue weighted by Crippen LogP contribution is 2.25. The van der Waals surface area contributed by atoms with Crippen molar-refractivity contribution in [2.45, 2.75) is 59.9 Å². The Morgan fingerprint density at radius 3 is 2.47 bits per heavy atom. The van der Waals surface area contributed by atoms with Crippen molar-refractivity contribution in [3.8, 4) is 0 Å². The number of benzene rings is 1. The van der Waals surface area contributed by atoms with Gasteiger partial charge in [-0.25, -0.2) is 0 Å². The molecular weight excluding hydrogens is 254 g/mol. The van der Waals surface area contributed by atoms with Gasteiger partial charge >= 0.3 is 0 Å². The Bertz CT molecular complexity index is 393. The highest BCUT2D eigenvalue weighted by Gasteiger charge is 2.23. The topological polar surface area (TPSA) is 12.0 Å². The van der Waals surface area contributed by atoms with Gasteiger partial charge in [-0.15, -0.1) is 0 Å². The second-order valence-corrected chi connectivity index (χ2v) is 6.91. The van der Waals surface area contributed by atoms with Crippen molar-refractivity contribution in [3.05, 3.63) is 34.3 Å². The van der Waals surface area contributed by atoms with Gasteiger partial charge in [0.25, 0.3) is 0 Å². The van der Waals surface area contributed by atoms with Gasteiger partial charge in [0.15, 0.2) is 0 Å². The molecule has 0 saturated heterocycles. The smallest absolute Gasteiger partial charge is 0.0440 e. The Morgan fingerprint density at radius 1 is 1.26 bits per heavy atom. The number of halogens is 1. The average Bonchev–Trinajstić information content (AvgIpc) is 2.29. The van der Waals surface area contributed by atoms with Crippen LogP contribution >= 0.6 is 11.6 Å². The summed E-state index contributed by atoms with van der Waals surface area (Å²) < 4.78 is 0. The predicted molar refractivity (Wildman–Crippen MR) is 86.0 cm³/mol. The molecule has 1 rings (SSSR count). The van der Waals surface area contributed by atoms with Crippen molar-refractivity contribution in [2.24, 2.45) is 5.41 Å². The molecule has 1 aromatic carbocycles. The number of nitrogens with one attached hydrogen (secondary N) is 1. The Hall–Kier alpha value is -0.530. The molecule has 0 spiro atoms. The fourth-order valence-corrected chi connectivity index (χ4v) is 2.64. The van der Waals surface area contributed by atoms with Crippen LogP contribution in [0.3, 0.4) is 0 Å². The van der Waals surface area contributed by atoms with Crippen molar-refractivity contribution in [1.82, 2.24) is 5.32 Å². The van der Waals surface area contributed by atoms with Crippen molar-refractivity contribution < 1.29 is 0 Å². The van der Waals surface area contributed by atoms with Crippen LogP contribution in [-0.4, -0.2) is 12.6 Å². The van der Waals surface area contributed by atoms with Gasteiger partial charge in [0.05, 0.1) is 0 Å². The molecule has 0 heterocycles. The largest absolute Gasteiger partial charge is 0.313 e. The van der Waals surface area contributed by atoms with E-state index in [1.165, 1.54) is 17.5 Å². The lowest BCUT2D eigenvalue weighted by Gasteiger charge is -2.32. The normalized spacial score (nSPS) is 13.6. The Morgan fingerprint density at radius 2 is 1.95 bits per heavy atom. The van der Waals surface area contributed by atoms with Crippen LogP contribution in [0.2, 0.25) is 5.02 Å². The summed E-state index contributed by atoms with van der Waals surface area (Å²) in [5.74, 6) is 0. The first-order chi connectivity index (χ1) is 8.84. The first kappa shape index (κ1) is 16.5. The molecule has 2 heteroatoms. The summed E-state index contributed by atoms with van der Waals surface area (Å²) in [5.41, 5.74) is 2.77. The summed E-state index contributed by atoms with van der Waals surface area (Å²) in [6.45, 7) is 12.3. The molecule has 1 N–H and O–H groups in total. The van der Waals surface area contributed by atoms with Crippen LogP contribution in [-0.2, 0) is 6.42 Å². The summed E-state index contributed by atoms with van der Waals surface area (Å²) in [7, 11) is 0. The molecule has 0 aromatic heterocycles. The second-order valence-electron chi connectivity index (χ2n) is 6.51. The molecule has 0 amide bonds. The Balaban J connectivity index is 2.65. The summed E-state index contributed by atoms with van der Waals surface area (Å²) in [4.78, 5) is 0. The monoisotopic (exact) mass is 281 g/mol. The molecule has 0 fully saturated rings. The van der Waals surface area contributed by atoms with Crippen LogP contribution in [0.25, 0.3) is 0 Å². The fraction of sp³-hybridized carbons (Fsp3) is 0.647. The molecule has 0 aliphatic carbocycles. The van der Waals surface area contributed by atoms with Crippen molar-refractivity contribution >= 4 is 11.6 Å². The van der Waals surface area contributed by atoms with Crippen LogP contribution < -0.4 is 5.32 Å². The fourth-order valence-electron chi connectivity index (χ4n) is 2.31. The quantitative estimate of drug-likeness (QED) is 0.774. The molecule has 0 aliphatic rings. The van der Waals surface area contributed by atoms with Gasteiger partial charge in [0.1, 0.15) is 0 Å². The zero-order chi connectivity index (χ0) is 14.5. The molecule has 0 bridgehead atoms. The van der Waals surface area contributed by atoms with E-state index in [1.54, 1.807) is 0 Å². The first-order valence-electron chi connectivity index (χ1n) is 7.33. The molecular formula is C17H28ClN. The zero-order valence-corrected chi connectivity index (χ0v) is 13.8. The van der Waals surface area contributed by atoms with Gasteiger partial charge in [-0.2, -0.15) is 0 Å². The highest BCUT2D eigenvalue weighted by atomic mass is 35.5. The minimum absolute atomic E-state index is 0.284. The molecule has 19 heavy (non-hydrogen) atoms. The van der Waals surface area contributed by atoms with Gasteiger partial charge in [0.2, 0.25) is 0 Å². The van der Waals surface area contributed by atoms with E-state index in [4.69, 9.17) is 11.6 Å². The van der Waals surface area contributed by atoms with Crippen LogP contribution in [0.4, 0.5) is 0 Å². The average molecular weight is 282 g/mol. The molecule has 0 radical (unpaired) electrons. The third kappa shape index (κ3) is 5.54. The van der Waals surface area contributed by atoms with Gasteiger partial charge < -0.3 is 5.32 Å². The van der Waals surface area contributed by atoms with Crippen molar-refractivity contribution in [2.75, 3.05) is 6.54 Å². The maximum atomic E-state index is 6.31. The minimum atomic E-state index is 0.284. The standard InChI is InChI=1S/C17H28ClN/c1-6-11-19-16(17(3,4)5)10-9-14-8-7-13(2)12-15(14)18/h7-8,12,16,19H,6,9-11H2,1-5H3. The summed E-state index contributed by atoms with van der Waals surface area (Å²) in [5, 5.41) is 4.57. The van der Waals surface area contributed by atoms with Gasteiger partial charge in [-0.3, -0.25) is 0 Å². The van der Waals surface area contributed by atoms with E-state index < -0.39 is 0 Å². The van der Waals surface area contributed by atoms with E-state index in [9.17, 15) is 0 Å². The molecule has 1 aromatic rings. The summed E-state index contributed by atoms with van der Waals surface area (Å²) in [6.07, 6.45) is 3.35. The molecule has 108 valence electrons. The lowest BCUT2D eigenvalue weighted by atomic mass is 9.83. The lowest BCUT2D eigenvalue weighted by Crippen LogP contribution is -2.41. The second kappa shape index (κ2) is 7.31. The van der Waals surface area contributed by atoms with Crippen LogP contribution in [0.5, 0.6) is 0 Å². The predicted octanol–water partition coefficient (Wildman–Crippen LogP) is 5.00. The van der Waals surface area contributed by atoms with E-state index in [2.05, 4.69) is 58.1 Å². The van der Waals surface area contributed by atoms with E-state index in [0.29, 0.717) is 6.04 Å². The van der Waals surface area contributed by atoms with Crippen LogP contribution in [0.1, 0.15) is 51.7 Å². The van der Waals surface area contributed by atoms with E-state index >= 15 is 0 Å². The highest BCUT2D eigenvalue weighted by molar-refractivity contribution is 6.31. The summed E-state index contributed by atoms with van der Waals surface area (Å²) in [6, 6.07) is 6.90. The molecule has 1 atom stereocenters. The number of hydrogen-bond donors (Lipinski definition) is 1. The van der Waals surface area contributed by atoms with Crippen LogP contribution in [0.15, 0.2) is 18.2 Å². The van der Waals surface area contributed by atoms with Gasteiger partial charge in [-0.1, -0.05) is 51.4 Å². The number of rotatable bonds is 6. The van der Waals surface area contributed by atoms with Crippen LogP contribution in [0, 0.1) is 12.3 Å². The summed E-state index contributed by atoms with van der Waals surface area (Å²) >= 11 is 6.31. The van der Waals surface area contributed by atoms with Gasteiger partial charge in [-0.05, 0) is 55.3 Å². The SMILES string of the molecule is CCCNC(CCc1ccc(C)cc1Cl)C(C)(C)C. The molecule has 0 saturated carbocycles. The molecule has 0 aliphatic heterocycles. The minimum Gasteiger partial charge on any atom is -0.313 e. The van der Waals surface area contributed by atoms with E-state index in [0.717, 1.165) is 24.4 Å². The van der Waals surface area contributed by atoms with E-state index in [-0.39, 0.29) is 5.41 Å². The molecule has 1 unspecified atom stereocenters. The Kier molecular flexibility index (Phi) is 6.35. The zero-order valence-electron chi connectivity index (χ0n) is 13.0. The third-order valence-electron chi connectivity index (χ3n) is 3.60. The molecule has 1 nitrogen and oxygen atoms in total. The first-order valence-corrected chi connectivity index (χ1v) is 7.70. The number of hydrogen-bond acceptors (Lipinski definition) is 1. The lowest BCUT2D eigenvalue weighted by molar-refractivity contribution is 0.255. The van der Waals surface area contributed by atoms with E-state index in [1.807, 2.05) is 0 Å². The maximum absolute atomic E-state index is 6.31. The number of aryl methyl sites for hydroxylation is 2. The van der Waals surface area contributed by atoms with Gasteiger partial charge in [0, 0.05) is 11.1 Å².